The molecule has 1 heterocycles. The number of rotatable bonds is 4. The van der Waals surface area contributed by atoms with Crippen LogP contribution in [0.4, 0.5) is 0 Å². The Labute approximate surface area is 101 Å². The molecule has 4 heteroatoms. The Hall–Kier alpha value is -0.450. The van der Waals surface area contributed by atoms with Gasteiger partial charge in [-0.1, -0.05) is 0 Å². The number of aryl methyl sites for hydroxylation is 1. The van der Waals surface area contributed by atoms with Crippen molar-refractivity contribution in [2.45, 2.75) is 51.3 Å². The maximum Gasteiger partial charge on any atom is 0.0898 e. The molecule has 1 aliphatic carbocycles. The molecule has 3 atom stereocenters. The quantitative estimate of drug-likeness (QED) is 0.878. The minimum Gasteiger partial charge on any atom is -0.381 e. The number of hydrogen-bond acceptors (Lipinski definition) is 4. The Balaban J connectivity index is 1.86. The summed E-state index contributed by atoms with van der Waals surface area (Å²) in [6.07, 6.45) is 3.97. The van der Waals surface area contributed by atoms with Crippen LogP contribution in [0.3, 0.4) is 0 Å². The minimum absolute atomic E-state index is 0.352. The summed E-state index contributed by atoms with van der Waals surface area (Å²) in [5.41, 5.74) is 1.17. The average Bonchev–Trinajstić information content (AvgIpc) is 2.87. The Bertz CT molecular complexity index is 340. The molecule has 16 heavy (non-hydrogen) atoms. The van der Waals surface area contributed by atoms with Crippen LogP contribution in [0.2, 0.25) is 0 Å². The molecule has 1 aromatic heterocycles. The molecule has 1 saturated carbocycles. The average molecular weight is 240 g/mol. The van der Waals surface area contributed by atoms with Gasteiger partial charge in [0.2, 0.25) is 0 Å². The number of nitrogens with one attached hydrogen (secondary N) is 1. The summed E-state index contributed by atoms with van der Waals surface area (Å²) in [7, 11) is 1.81. The third-order valence-electron chi connectivity index (χ3n) is 3.28. The van der Waals surface area contributed by atoms with Crippen LogP contribution in [0.5, 0.6) is 0 Å². The molecule has 0 saturated heterocycles. The highest BCUT2D eigenvalue weighted by atomic mass is 32.1. The molecule has 1 N–H and O–H groups in total. The Morgan fingerprint density at radius 2 is 2.38 bits per heavy atom. The van der Waals surface area contributed by atoms with Crippen molar-refractivity contribution in [3.05, 3.63) is 16.1 Å². The molecule has 0 amide bonds. The van der Waals surface area contributed by atoms with Gasteiger partial charge in [-0.3, -0.25) is 0 Å². The van der Waals surface area contributed by atoms with Crippen LogP contribution in [0, 0.1) is 6.92 Å². The monoisotopic (exact) mass is 240 g/mol. The lowest BCUT2D eigenvalue weighted by Crippen LogP contribution is -2.30. The van der Waals surface area contributed by atoms with Gasteiger partial charge >= 0.3 is 0 Å². The van der Waals surface area contributed by atoms with Gasteiger partial charge in [-0.15, -0.1) is 11.3 Å². The van der Waals surface area contributed by atoms with Gasteiger partial charge < -0.3 is 10.1 Å². The van der Waals surface area contributed by atoms with Gasteiger partial charge in [0.15, 0.2) is 0 Å². The van der Waals surface area contributed by atoms with E-state index in [4.69, 9.17) is 4.74 Å². The number of aromatic nitrogens is 1. The van der Waals surface area contributed by atoms with E-state index in [9.17, 15) is 0 Å². The van der Waals surface area contributed by atoms with Gasteiger partial charge in [-0.05, 0) is 33.1 Å². The van der Waals surface area contributed by atoms with E-state index in [1.165, 1.54) is 18.5 Å². The predicted octanol–water partition coefficient (Wildman–Crippen LogP) is 2.67. The summed E-state index contributed by atoms with van der Waals surface area (Å²) in [5.74, 6) is 0. The van der Waals surface area contributed by atoms with E-state index in [0.717, 1.165) is 11.4 Å². The van der Waals surface area contributed by atoms with Crippen molar-refractivity contribution >= 4 is 11.3 Å². The summed E-state index contributed by atoms with van der Waals surface area (Å²) in [4.78, 5) is 4.52. The fourth-order valence-corrected chi connectivity index (χ4v) is 3.03. The Kier molecular flexibility index (Phi) is 3.95. The number of hydrogen-bond donors (Lipinski definition) is 1. The van der Waals surface area contributed by atoms with E-state index in [1.807, 2.05) is 0 Å². The van der Waals surface area contributed by atoms with Crippen LogP contribution in [0.15, 0.2) is 5.38 Å². The number of ether oxygens (including phenoxy) is 1. The number of nitrogens with zero attached hydrogens (tertiary/aromatic N) is 1. The largest absolute Gasteiger partial charge is 0.381 e. The van der Waals surface area contributed by atoms with E-state index in [-0.39, 0.29) is 0 Å². The predicted molar refractivity (Wildman–Crippen MR) is 66.8 cm³/mol. The van der Waals surface area contributed by atoms with Crippen molar-refractivity contribution in [1.82, 2.24) is 10.3 Å². The van der Waals surface area contributed by atoms with E-state index >= 15 is 0 Å². The standard InChI is InChI=1S/C12H20N2OS/c1-8(12-7-16-9(2)14-12)13-10-4-5-11(6-10)15-3/h7-8,10-11,13H,4-6H2,1-3H3. The van der Waals surface area contributed by atoms with Crippen LogP contribution in [-0.2, 0) is 4.74 Å². The van der Waals surface area contributed by atoms with Gasteiger partial charge in [-0.2, -0.15) is 0 Å². The first-order valence-electron chi connectivity index (χ1n) is 5.90. The molecule has 90 valence electrons. The summed E-state index contributed by atoms with van der Waals surface area (Å²) in [5, 5.41) is 6.93. The van der Waals surface area contributed by atoms with Crippen LogP contribution in [0.25, 0.3) is 0 Å². The van der Waals surface area contributed by atoms with Crippen LogP contribution >= 0.6 is 11.3 Å². The van der Waals surface area contributed by atoms with Crippen molar-refractivity contribution in [3.63, 3.8) is 0 Å². The van der Waals surface area contributed by atoms with Crippen molar-refractivity contribution < 1.29 is 4.74 Å². The Morgan fingerprint density at radius 3 is 2.94 bits per heavy atom. The third-order valence-corrected chi connectivity index (χ3v) is 4.08. The molecular weight excluding hydrogens is 220 g/mol. The lowest BCUT2D eigenvalue weighted by Gasteiger charge is -2.18. The van der Waals surface area contributed by atoms with E-state index in [0.29, 0.717) is 18.2 Å². The fourth-order valence-electron chi connectivity index (χ4n) is 2.32. The smallest absolute Gasteiger partial charge is 0.0898 e. The van der Waals surface area contributed by atoms with Crippen molar-refractivity contribution in [1.29, 1.82) is 0 Å². The minimum atomic E-state index is 0.352. The molecule has 0 bridgehead atoms. The second-order valence-corrected chi connectivity index (χ2v) is 5.61. The zero-order valence-electron chi connectivity index (χ0n) is 10.2. The molecule has 0 aliphatic heterocycles. The van der Waals surface area contributed by atoms with Crippen LogP contribution in [-0.4, -0.2) is 24.2 Å². The molecule has 0 radical (unpaired) electrons. The molecule has 1 aromatic rings. The second kappa shape index (κ2) is 5.25. The number of methoxy groups -OCH3 is 1. The zero-order valence-corrected chi connectivity index (χ0v) is 11.0. The highest BCUT2D eigenvalue weighted by molar-refractivity contribution is 7.09. The van der Waals surface area contributed by atoms with Crippen molar-refractivity contribution in [3.8, 4) is 0 Å². The summed E-state index contributed by atoms with van der Waals surface area (Å²) < 4.78 is 5.38. The van der Waals surface area contributed by atoms with Crippen molar-refractivity contribution in [2.75, 3.05) is 7.11 Å². The van der Waals surface area contributed by atoms with Gasteiger partial charge in [0.1, 0.15) is 0 Å². The maximum absolute atomic E-state index is 5.38. The molecule has 3 nitrogen and oxygen atoms in total. The maximum atomic E-state index is 5.38. The van der Waals surface area contributed by atoms with Gasteiger partial charge in [-0.25, -0.2) is 4.98 Å². The fraction of sp³-hybridized carbons (Fsp3) is 0.750. The molecule has 3 unspecified atom stereocenters. The van der Waals surface area contributed by atoms with Gasteiger partial charge in [0.05, 0.1) is 16.8 Å². The summed E-state index contributed by atoms with van der Waals surface area (Å²) >= 11 is 1.72. The molecule has 0 spiro atoms. The molecule has 0 aromatic carbocycles. The second-order valence-electron chi connectivity index (χ2n) is 4.55. The first kappa shape index (κ1) is 12.0. The summed E-state index contributed by atoms with van der Waals surface area (Å²) in [6.45, 7) is 4.24. The first-order valence-corrected chi connectivity index (χ1v) is 6.78. The normalized spacial score (nSPS) is 27.2. The zero-order chi connectivity index (χ0) is 11.5. The lowest BCUT2D eigenvalue weighted by molar-refractivity contribution is 0.106. The van der Waals surface area contributed by atoms with E-state index in [1.54, 1.807) is 18.4 Å². The SMILES string of the molecule is COC1CCC(NC(C)c2csc(C)n2)C1. The Morgan fingerprint density at radius 1 is 1.56 bits per heavy atom. The van der Waals surface area contributed by atoms with Crippen LogP contribution < -0.4 is 5.32 Å². The molecule has 1 aliphatic rings. The highest BCUT2D eigenvalue weighted by Crippen LogP contribution is 2.24. The molecular formula is C12H20N2OS. The molecule has 1 fully saturated rings. The van der Waals surface area contributed by atoms with Crippen molar-refractivity contribution in [2.24, 2.45) is 0 Å². The molecule has 2 rings (SSSR count). The lowest BCUT2D eigenvalue weighted by atomic mass is 10.2. The van der Waals surface area contributed by atoms with E-state index < -0.39 is 0 Å². The van der Waals surface area contributed by atoms with Gasteiger partial charge in [0, 0.05) is 24.6 Å². The highest BCUT2D eigenvalue weighted by Gasteiger charge is 2.25. The first-order chi connectivity index (χ1) is 7.69. The topological polar surface area (TPSA) is 34.1 Å². The third kappa shape index (κ3) is 2.81. The van der Waals surface area contributed by atoms with Gasteiger partial charge in [0.25, 0.3) is 0 Å². The summed E-state index contributed by atoms with van der Waals surface area (Å²) in [6, 6.07) is 0.938. The van der Waals surface area contributed by atoms with E-state index in [2.05, 4.69) is 29.5 Å². The number of thiazole rings is 1. The van der Waals surface area contributed by atoms with Crippen LogP contribution in [0.1, 0.15) is 42.9 Å².